The molecule has 1 aliphatic heterocycles. The maximum Gasteiger partial charge on any atom is 0.0741 e. The van der Waals surface area contributed by atoms with Crippen molar-refractivity contribution in [2.75, 3.05) is 41.4 Å². The molecule has 26 heavy (non-hydrogen) atoms. The Kier molecular flexibility index (Phi) is 24.9. The molecule has 3 atom stereocenters. The minimum absolute atomic E-state index is 0.433. The number of methoxy groups -OCH3 is 2. The summed E-state index contributed by atoms with van der Waals surface area (Å²) in [5.41, 5.74) is 0. The molecule has 0 spiro atoms. The molecule has 0 saturated carbocycles. The molecule has 1 saturated heterocycles. The summed E-state index contributed by atoms with van der Waals surface area (Å²) in [4.78, 5) is 2.40. The maximum absolute atomic E-state index is 5.41. The van der Waals surface area contributed by atoms with Gasteiger partial charge in [-0.2, -0.15) is 0 Å². The van der Waals surface area contributed by atoms with Crippen molar-refractivity contribution in [3.05, 3.63) is 0 Å². The fourth-order valence-corrected chi connectivity index (χ4v) is 3.29. The van der Waals surface area contributed by atoms with E-state index < -0.39 is 0 Å². The second-order valence-electron chi connectivity index (χ2n) is 7.16. The minimum atomic E-state index is 0.433. The van der Waals surface area contributed by atoms with Crippen LogP contribution in [-0.4, -0.2) is 64.6 Å². The van der Waals surface area contributed by atoms with Gasteiger partial charge in [0.1, 0.15) is 0 Å². The number of nitrogens with one attached hydrogen (secondary N) is 1. The first-order valence-corrected chi connectivity index (χ1v) is 10.8. The van der Waals surface area contributed by atoms with Crippen LogP contribution in [-0.2, 0) is 9.47 Å². The first-order chi connectivity index (χ1) is 12.4. The molecule has 0 aliphatic carbocycles. The number of hydrogen-bond acceptors (Lipinski definition) is 4. The van der Waals surface area contributed by atoms with E-state index in [0.29, 0.717) is 24.2 Å². The molecule has 4 heteroatoms. The van der Waals surface area contributed by atoms with E-state index in [1.165, 1.54) is 13.0 Å². The Morgan fingerprint density at radius 1 is 1.04 bits per heavy atom. The van der Waals surface area contributed by atoms with E-state index in [-0.39, 0.29) is 0 Å². The zero-order valence-corrected chi connectivity index (χ0v) is 20.2. The zero-order valence-electron chi connectivity index (χ0n) is 20.2. The third kappa shape index (κ3) is 15.0. The van der Waals surface area contributed by atoms with E-state index in [2.05, 4.69) is 45.0 Å². The molecule has 0 radical (unpaired) electrons. The Balaban J connectivity index is -0.000000341. The molecule has 0 amide bonds. The second kappa shape index (κ2) is 21.1. The van der Waals surface area contributed by atoms with Crippen LogP contribution in [0.1, 0.15) is 74.7 Å². The SMILES string of the molecule is CC.CC.CNCC[C@H](CC(C)C)OC.CO[C@H]1CCN(C)[C@@H]1C(C)C. The van der Waals surface area contributed by atoms with E-state index >= 15 is 0 Å². The van der Waals surface area contributed by atoms with Crippen LogP contribution in [0, 0.1) is 11.8 Å². The Hall–Kier alpha value is -0.160. The van der Waals surface area contributed by atoms with Crippen LogP contribution in [0.2, 0.25) is 0 Å². The Bertz CT molecular complexity index is 261. The Labute approximate surface area is 166 Å². The summed E-state index contributed by atoms with van der Waals surface area (Å²) < 4.78 is 10.7. The first kappa shape index (κ1) is 30.6. The van der Waals surface area contributed by atoms with Crippen molar-refractivity contribution in [1.29, 1.82) is 0 Å². The normalized spacial score (nSPS) is 20.5. The van der Waals surface area contributed by atoms with Crippen molar-refractivity contribution in [3.8, 4) is 0 Å². The van der Waals surface area contributed by atoms with Crippen LogP contribution < -0.4 is 5.32 Å². The van der Waals surface area contributed by atoms with E-state index in [9.17, 15) is 0 Å². The number of nitrogens with zero attached hydrogens (tertiary/aromatic N) is 1. The predicted molar refractivity (Wildman–Crippen MR) is 118 cm³/mol. The van der Waals surface area contributed by atoms with E-state index in [1.54, 1.807) is 7.11 Å². The van der Waals surface area contributed by atoms with Gasteiger partial charge in [-0.1, -0.05) is 55.4 Å². The fraction of sp³-hybridized carbons (Fsp3) is 1.00. The summed E-state index contributed by atoms with van der Waals surface area (Å²) in [6, 6.07) is 0.625. The lowest BCUT2D eigenvalue weighted by Gasteiger charge is -2.27. The quantitative estimate of drug-likeness (QED) is 0.641. The summed E-state index contributed by atoms with van der Waals surface area (Å²) in [5, 5.41) is 3.13. The van der Waals surface area contributed by atoms with Crippen molar-refractivity contribution in [1.82, 2.24) is 10.2 Å². The van der Waals surface area contributed by atoms with E-state index in [4.69, 9.17) is 9.47 Å². The average Bonchev–Trinajstić information content (AvgIpc) is 3.03. The molecule has 0 aromatic carbocycles. The van der Waals surface area contributed by atoms with Gasteiger partial charge in [0.25, 0.3) is 0 Å². The topological polar surface area (TPSA) is 33.7 Å². The molecule has 1 fully saturated rings. The van der Waals surface area contributed by atoms with Gasteiger partial charge in [-0.15, -0.1) is 0 Å². The van der Waals surface area contributed by atoms with Gasteiger partial charge < -0.3 is 19.7 Å². The summed E-state index contributed by atoms with van der Waals surface area (Å²) in [6.45, 7) is 19.2. The minimum Gasteiger partial charge on any atom is -0.381 e. The highest BCUT2D eigenvalue weighted by Gasteiger charge is 2.33. The van der Waals surface area contributed by atoms with Crippen LogP contribution >= 0.6 is 0 Å². The van der Waals surface area contributed by atoms with Crippen LogP contribution in [0.4, 0.5) is 0 Å². The highest BCUT2D eigenvalue weighted by molar-refractivity contribution is 4.87. The molecule has 0 aromatic heterocycles. The van der Waals surface area contributed by atoms with Gasteiger partial charge in [0.15, 0.2) is 0 Å². The highest BCUT2D eigenvalue weighted by atomic mass is 16.5. The maximum atomic E-state index is 5.41. The largest absolute Gasteiger partial charge is 0.381 e. The molecule has 0 unspecified atom stereocenters. The summed E-state index contributed by atoms with van der Waals surface area (Å²) in [7, 11) is 7.77. The third-order valence-electron chi connectivity index (χ3n) is 4.43. The number of ether oxygens (including phenoxy) is 2. The second-order valence-corrected chi connectivity index (χ2v) is 7.16. The van der Waals surface area contributed by atoms with E-state index in [0.717, 1.165) is 25.3 Å². The predicted octanol–water partition coefficient (Wildman–Crippen LogP) is 5.07. The number of likely N-dealkylation sites (N-methyl/N-ethyl adjacent to an activating group) is 1. The van der Waals surface area contributed by atoms with Gasteiger partial charge in [-0.25, -0.2) is 0 Å². The van der Waals surface area contributed by atoms with E-state index in [1.807, 2.05) is 41.9 Å². The van der Waals surface area contributed by atoms with Crippen LogP contribution in [0.15, 0.2) is 0 Å². The van der Waals surface area contributed by atoms with Crippen LogP contribution in [0.5, 0.6) is 0 Å². The molecule has 162 valence electrons. The van der Waals surface area contributed by atoms with Crippen LogP contribution in [0.3, 0.4) is 0 Å². The van der Waals surface area contributed by atoms with Crippen molar-refractivity contribution < 1.29 is 9.47 Å². The fourth-order valence-electron chi connectivity index (χ4n) is 3.29. The molecule has 1 rings (SSSR count). The van der Waals surface area contributed by atoms with Gasteiger partial charge in [0.2, 0.25) is 0 Å². The third-order valence-corrected chi connectivity index (χ3v) is 4.43. The number of hydrogen-bond donors (Lipinski definition) is 1. The lowest BCUT2D eigenvalue weighted by Crippen LogP contribution is -2.37. The molecule has 1 N–H and O–H groups in total. The molecular formula is C22H52N2O2. The monoisotopic (exact) mass is 376 g/mol. The Morgan fingerprint density at radius 3 is 1.88 bits per heavy atom. The highest BCUT2D eigenvalue weighted by Crippen LogP contribution is 2.24. The van der Waals surface area contributed by atoms with Crippen LogP contribution in [0.25, 0.3) is 0 Å². The van der Waals surface area contributed by atoms with Gasteiger partial charge in [0, 0.05) is 26.8 Å². The molecule has 0 bridgehead atoms. The molecular weight excluding hydrogens is 324 g/mol. The Morgan fingerprint density at radius 2 is 1.58 bits per heavy atom. The lowest BCUT2D eigenvalue weighted by atomic mass is 10.00. The summed E-state index contributed by atoms with van der Waals surface area (Å²) in [6.07, 6.45) is 4.36. The zero-order chi connectivity index (χ0) is 21.1. The molecule has 1 heterocycles. The van der Waals surface area contributed by atoms with Crippen molar-refractivity contribution in [3.63, 3.8) is 0 Å². The number of likely N-dealkylation sites (tertiary alicyclic amines) is 1. The van der Waals surface area contributed by atoms with Crippen molar-refractivity contribution >= 4 is 0 Å². The smallest absolute Gasteiger partial charge is 0.0741 e. The standard InChI is InChI=1S/C9H19NO.C9H21NO.2C2H6/c1-7(2)9-8(11-4)5-6-10(9)3;1-8(2)7-9(11-4)5-6-10-3;2*1-2/h7-9H,5-6H2,1-4H3;8-10H,5-7H2,1-4H3;2*1-2H3/t8-,9+;9-;;/m01../s1. The average molecular weight is 377 g/mol. The van der Waals surface area contributed by atoms with Gasteiger partial charge in [-0.3, -0.25) is 0 Å². The van der Waals surface area contributed by atoms with Gasteiger partial charge >= 0.3 is 0 Å². The lowest BCUT2D eigenvalue weighted by molar-refractivity contribution is 0.0531. The first-order valence-electron chi connectivity index (χ1n) is 10.8. The van der Waals surface area contributed by atoms with Gasteiger partial charge in [-0.05, 0) is 51.7 Å². The summed E-state index contributed by atoms with van der Waals surface area (Å²) >= 11 is 0. The number of rotatable bonds is 8. The molecule has 1 aliphatic rings. The molecule has 4 nitrogen and oxygen atoms in total. The van der Waals surface area contributed by atoms with Gasteiger partial charge in [0.05, 0.1) is 12.2 Å². The van der Waals surface area contributed by atoms with Crippen molar-refractivity contribution in [2.45, 2.75) is 92.9 Å². The molecule has 0 aromatic rings. The summed E-state index contributed by atoms with van der Waals surface area (Å²) in [5.74, 6) is 1.43. The van der Waals surface area contributed by atoms with Crippen molar-refractivity contribution in [2.24, 2.45) is 11.8 Å².